The van der Waals surface area contributed by atoms with Crippen LogP contribution in [0.2, 0.25) is 0 Å². The zero-order valence-corrected chi connectivity index (χ0v) is 29.1. The molecule has 0 saturated carbocycles. The first kappa shape index (κ1) is 36.3. The lowest BCUT2D eigenvalue weighted by Gasteiger charge is -2.32. The normalized spacial score (nSPS) is 13.7. The zero-order valence-electron chi connectivity index (χ0n) is 28.3. The number of anilines is 1. The van der Waals surface area contributed by atoms with Crippen LogP contribution in [0.1, 0.15) is 74.4 Å². The maximum absolute atomic E-state index is 15.3. The second-order valence-corrected chi connectivity index (χ2v) is 13.0. The molecule has 0 spiro atoms. The lowest BCUT2D eigenvalue weighted by atomic mass is 9.82. The summed E-state index contributed by atoms with van der Waals surface area (Å²) < 4.78 is 38.4. The smallest absolute Gasteiger partial charge is 0.412 e. The molecule has 3 N–H and O–H groups in total. The zero-order chi connectivity index (χ0) is 35.8. The van der Waals surface area contributed by atoms with Crippen LogP contribution in [-0.2, 0) is 23.4 Å². The van der Waals surface area contributed by atoms with Crippen LogP contribution in [0, 0.1) is 23.0 Å². The van der Waals surface area contributed by atoms with E-state index in [4.69, 9.17) is 15.0 Å². The van der Waals surface area contributed by atoms with Gasteiger partial charge < -0.3 is 15.2 Å². The van der Waals surface area contributed by atoms with Gasteiger partial charge in [-0.25, -0.2) is 18.6 Å². The lowest BCUT2D eigenvalue weighted by molar-refractivity contribution is -0.753. The average molecular weight is 701 g/mol. The Labute approximate surface area is 294 Å². The number of halogens is 2. The van der Waals surface area contributed by atoms with Gasteiger partial charge >= 0.3 is 6.09 Å². The first-order valence-corrected chi connectivity index (χ1v) is 17.3. The van der Waals surface area contributed by atoms with E-state index in [1.807, 2.05) is 29.6 Å². The van der Waals surface area contributed by atoms with Gasteiger partial charge in [0.25, 0.3) is 6.33 Å². The van der Waals surface area contributed by atoms with E-state index in [0.29, 0.717) is 34.5 Å². The van der Waals surface area contributed by atoms with Crippen molar-refractivity contribution in [2.75, 3.05) is 5.32 Å². The van der Waals surface area contributed by atoms with Crippen LogP contribution in [0.5, 0.6) is 0 Å². The molecule has 1 amide bonds. The lowest BCUT2D eigenvalue weighted by Crippen LogP contribution is -2.41. The van der Waals surface area contributed by atoms with E-state index in [1.54, 1.807) is 38.1 Å². The molecule has 2 aromatic heterocycles. The molecule has 260 valence electrons. The molecule has 0 radical (unpaired) electrons. The minimum atomic E-state index is -2.00. The number of thiazole rings is 1. The van der Waals surface area contributed by atoms with Crippen molar-refractivity contribution in [2.24, 2.45) is 0 Å². The van der Waals surface area contributed by atoms with Crippen molar-refractivity contribution in [2.45, 2.75) is 77.4 Å². The molecule has 0 aliphatic carbocycles. The SMILES string of the molecule is CCC(CC)NCc1ccccc1NC(=O)OC(C)[n+]1cnn(CC(O)(c2cc(F)ccc2F)C(C)c2nc(-c3ccc(C#N)cc3)cs2)c1. The number of nitrogens with zero attached hydrogens (tertiary/aromatic N) is 5. The van der Waals surface area contributed by atoms with Crippen molar-refractivity contribution in [3.05, 3.63) is 118 Å². The van der Waals surface area contributed by atoms with Gasteiger partial charge in [0.2, 0.25) is 12.6 Å². The molecule has 3 aromatic carbocycles. The van der Waals surface area contributed by atoms with Crippen molar-refractivity contribution >= 4 is 23.1 Å². The molecule has 0 saturated heterocycles. The number of aliphatic hydroxyl groups is 1. The van der Waals surface area contributed by atoms with Crippen molar-refractivity contribution in [3.8, 4) is 17.3 Å². The fourth-order valence-electron chi connectivity index (χ4n) is 5.66. The van der Waals surface area contributed by atoms with Gasteiger partial charge in [0, 0.05) is 52.7 Å². The van der Waals surface area contributed by atoms with E-state index in [2.05, 4.69) is 35.6 Å². The summed E-state index contributed by atoms with van der Waals surface area (Å²) in [6, 6.07) is 19.8. The molecule has 2 heterocycles. The molecule has 3 atom stereocenters. The standard InChI is InChI=1S/C37H39F2N7O3S/c1-5-30(6-2)41-19-28-9-7-8-10-33(28)44-36(47)49-25(4)45-22-42-46(23-45)21-37(48,31-17-29(38)15-16-32(31)39)24(3)35-43-34(20-50-35)27-13-11-26(18-40)12-14-27/h7-17,20,22-25,30,41,48H,5-6,19,21H2,1-4H3/p+1. The topological polar surface area (TPSA) is 129 Å². The average Bonchev–Trinajstić information content (AvgIpc) is 3.81. The van der Waals surface area contributed by atoms with E-state index >= 15 is 4.39 Å². The van der Waals surface area contributed by atoms with E-state index in [-0.39, 0.29) is 12.1 Å². The number of amides is 1. The number of benzene rings is 3. The number of hydrogen-bond donors (Lipinski definition) is 3. The second-order valence-electron chi connectivity index (χ2n) is 12.1. The maximum Gasteiger partial charge on any atom is 0.414 e. The van der Waals surface area contributed by atoms with Gasteiger partial charge in [0.1, 0.15) is 23.8 Å². The number of para-hydroxylation sites is 1. The Morgan fingerprint density at radius 1 is 1.12 bits per heavy atom. The molecule has 0 bridgehead atoms. The van der Waals surface area contributed by atoms with E-state index in [1.165, 1.54) is 33.2 Å². The van der Waals surface area contributed by atoms with Gasteiger partial charge in [-0.15, -0.1) is 16.0 Å². The first-order valence-electron chi connectivity index (χ1n) is 16.4. The molecular formula is C37H40F2N7O3S+. The molecule has 0 fully saturated rings. The molecule has 5 rings (SSSR count). The minimum absolute atomic E-state index is 0.247. The number of aromatic nitrogens is 4. The van der Waals surface area contributed by atoms with Crippen LogP contribution in [0.4, 0.5) is 19.3 Å². The van der Waals surface area contributed by atoms with Crippen molar-refractivity contribution in [3.63, 3.8) is 0 Å². The largest absolute Gasteiger partial charge is 0.414 e. The summed E-state index contributed by atoms with van der Waals surface area (Å²) in [5.74, 6) is -2.30. The Balaban J connectivity index is 1.33. The second kappa shape index (κ2) is 16.1. The maximum atomic E-state index is 15.3. The summed E-state index contributed by atoms with van der Waals surface area (Å²) in [5, 5.41) is 34.4. The molecule has 0 aliphatic heterocycles. The Morgan fingerprint density at radius 2 is 1.86 bits per heavy atom. The molecule has 5 aromatic rings. The van der Waals surface area contributed by atoms with E-state index in [9.17, 15) is 14.3 Å². The van der Waals surface area contributed by atoms with Crippen LogP contribution in [0.3, 0.4) is 0 Å². The fourth-order valence-corrected chi connectivity index (χ4v) is 6.63. The van der Waals surface area contributed by atoms with Crippen LogP contribution in [0.25, 0.3) is 11.3 Å². The molecule has 0 aliphatic rings. The third-order valence-corrected chi connectivity index (χ3v) is 9.86. The fraction of sp³-hybridized carbons (Fsp3) is 0.324. The summed E-state index contributed by atoms with van der Waals surface area (Å²) in [4.78, 5) is 17.7. The monoisotopic (exact) mass is 700 g/mol. The third kappa shape index (κ3) is 8.39. The van der Waals surface area contributed by atoms with Gasteiger partial charge in [-0.2, -0.15) is 9.83 Å². The van der Waals surface area contributed by atoms with Crippen LogP contribution in [0.15, 0.2) is 84.8 Å². The van der Waals surface area contributed by atoms with Gasteiger partial charge in [0.15, 0.2) is 0 Å². The number of nitriles is 1. The van der Waals surface area contributed by atoms with Crippen LogP contribution in [-0.4, -0.2) is 32.0 Å². The predicted molar refractivity (Wildman–Crippen MR) is 186 cm³/mol. The summed E-state index contributed by atoms with van der Waals surface area (Å²) >= 11 is 1.27. The van der Waals surface area contributed by atoms with Crippen molar-refractivity contribution in [1.82, 2.24) is 20.1 Å². The number of hydrogen-bond acceptors (Lipinski definition) is 8. The Hall–Kier alpha value is -5.03. The Bertz CT molecular complexity index is 1950. The molecule has 50 heavy (non-hydrogen) atoms. The quantitative estimate of drug-likeness (QED) is 0.105. The van der Waals surface area contributed by atoms with E-state index in [0.717, 1.165) is 42.2 Å². The third-order valence-electron chi connectivity index (χ3n) is 8.83. The highest BCUT2D eigenvalue weighted by molar-refractivity contribution is 7.10. The molecule has 3 unspecified atom stereocenters. The Kier molecular flexibility index (Phi) is 11.7. The molecular weight excluding hydrogens is 661 g/mol. The highest BCUT2D eigenvalue weighted by Crippen LogP contribution is 2.41. The van der Waals surface area contributed by atoms with Crippen molar-refractivity contribution in [1.29, 1.82) is 5.26 Å². The highest BCUT2D eigenvalue weighted by Gasteiger charge is 2.43. The first-order chi connectivity index (χ1) is 24.0. The van der Waals surface area contributed by atoms with Gasteiger partial charge in [-0.1, -0.05) is 51.1 Å². The Morgan fingerprint density at radius 3 is 2.58 bits per heavy atom. The number of nitrogens with one attached hydrogen (secondary N) is 2. The minimum Gasteiger partial charge on any atom is -0.412 e. The summed E-state index contributed by atoms with van der Waals surface area (Å²) in [7, 11) is 0. The summed E-state index contributed by atoms with van der Waals surface area (Å²) in [6.45, 7) is 7.92. The number of rotatable bonds is 14. The number of ether oxygens (including phenoxy) is 1. The molecule has 10 nitrogen and oxygen atoms in total. The van der Waals surface area contributed by atoms with Crippen LogP contribution >= 0.6 is 11.3 Å². The van der Waals surface area contributed by atoms with Gasteiger partial charge in [-0.3, -0.25) is 5.32 Å². The predicted octanol–water partition coefficient (Wildman–Crippen LogP) is 7.18. The van der Waals surface area contributed by atoms with Crippen LogP contribution < -0.4 is 15.2 Å². The van der Waals surface area contributed by atoms with Crippen molar-refractivity contribution < 1.29 is 28.0 Å². The van der Waals surface area contributed by atoms with Gasteiger partial charge in [0.05, 0.1) is 22.3 Å². The van der Waals surface area contributed by atoms with Gasteiger partial charge in [-0.05, 0) is 54.8 Å². The molecule has 13 heteroatoms. The van der Waals surface area contributed by atoms with E-state index < -0.39 is 35.5 Å². The summed E-state index contributed by atoms with van der Waals surface area (Å²) in [6.07, 6.45) is 3.46. The number of carbonyl (C=O) groups is 1. The summed E-state index contributed by atoms with van der Waals surface area (Å²) in [5.41, 5.74) is 1.21. The highest BCUT2D eigenvalue weighted by atomic mass is 32.1. The number of carbonyl (C=O) groups excluding carboxylic acids is 1.